The number of nitrogens with zero attached hydrogens (tertiary/aromatic N) is 2. The number of likely N-dealkylation sites (tertiary alicyclic amines) is 1. The lowest BCUT2D eigenvalue weighted by Gasteiger charge is -2.30. The number of alkyl halides is 3. The molecule has 1 rings (SSSR count). The van der Waals surface area contributed by atoms with Gasteiger partial charge in [-0.1, -0.05) is 0 Å². The van der Waals surface area contributed by atoms with Gasteiger partial charge >= 0.3 is 18.2 Å². The Balaban J connectivity index is 2.49. The van der Waals surface area contributed by atoms with Crippen molar-refractivity contribution in [2.75, 3.05) is 39.8 Å². The van der Waals surface area contributed by atoms with Crippen molar-refractivity contribution in [2.45, 2.75) is 19.0 Å². The van der Waals surface area contributed by atoms with Gasteiger partial charge in [-0.05, 0) is 32.4 Å². The third kappa shape index (κ3) is 7.16. The van der Waals surface area contributed by atoms with E-state index in [9.17, 15) is 22.8 Å². The van der Waals surface area contributed by atoms with E-state index in [2.05, 4.69) is 10.2 Å². The van der Waals surface area contributed by atoms with E-state index in [4.69, 9.17) is 5.11 Å². The van der Waals surface area contributed by atoms with Crippen LogP contribution in [0.3, 0.4) is 0 Å². The van der Waals surface area contributed by atoms with Gasteiger partial charge in [-0.2, -0.15) is 13.2 Å². The second-order valence-corrected chi connectivity index (χ2v) is 5.32. The van der Waals surface area contributed by atoms with Gasteiger partial charge in [0.2, 0.25) is 0 Å². The van der Waals surface area contributed by atoms with E-state index >= 15 is 0 Å². The zero-order valence-corrected chi connectivity index (χ0v) is 11.8. The SMILES string of the molecule is CN1CCCC(CNC(=O)N(CC(=O)O)CC(F)(F)F)C1. The molecule has 122 valence electrons. The smallest absolute Gasteiger partial charge is 0.406 e. The van der Waals surface area contributed by atoms with Crippen molar-refractivity contribution in [3.63, 3.8) is 0 Å². The number of nitrogens with one attached hydrogen (secondary N) is 1. The van der Waals surface area contributed by atoms with Crippen LogP contribution in [-0.4, -0.2) is 72.9 Å². The lowest BCUT2D eigenvalue weighted by molar-refractivity contribution is -0.148. The Hall–Kier alpha value is -1.51. The second-order valence-electron chi connectivity index (χ2n) is 5.32. The highest BCUT2D eigenvalue weighted by Gasteiger charge is 2.34. The van der Waals surface area contributed by atoms with Gasteiger partial charge in [-0.15, -0.1) is 0 Å². The number of carbonyl (C=O) groups is 2. The van der Waals surface area contributed by atoms with Crippen LogP contribution >= 0.6 is 0 Å². The van der Waals surface area contributed by atoms with Gasteiger partial charge in [-0.25, -0.2) is 4.79 Å². The Morgan fingerprint density at radius 1 is 1.43 bits per heavy atom. The van der Waals surface area contributed by atoms with Crippen LogP contribution < -0.4 is 5.32 Å². The Kier molecular flexibility index (Phi) is 6.25. The van der Waals surface area contributed by atoms with E-state index in [1.165, 1.54) is 0 Å². The monoisotopic (exact) mass is 311 g/mol. The van der Waals surface area contributed by atoms with Gasteiger partial charge in [0, 0.05) is 13.1 Å². The van der Waals surface area contributed by atoms with E-state index in [1.54, 1.807) is 0 Å². The number of carboxylic acid groups (broad SMARTS) is 1. The van der Waals surface area contributed by atoms with Crippen molar-refractivity contribution in [3.8, 4) is 0 Å². The Morgan fingerprint density at radius 2 is 2.10 bits per heavy atom. The number of hydrogen-bond acceptors (Lipinski definition) is 3. The molecule has 1 atom stereocenters. The van der Waals surface area contributed by atoms with Gasteiger partial charge in [0.1, 0.15) is 13.1 Å². The standard InChI is InChI=1S/C12H20F3N3O3/c1-17-4-2-3-9(6-17)5-16-11(21)18(7-10(19)20)8-12(13,14)15/h9H,2-8H2,1H3,(H,16,21)(H,19,20). The summed E-state index contributed by atoms with van der Waals surface area (Å²) in [4.78, 5) is 24.6. The maximum Gasteiger partial charge on any atom is 0.406 e. The molecule has 2 N–H and O–H groups in total. The largest absolute Gasteiger partial charge is 0.480 e. The molecule has 9 heteroatoms. The average molecular weight is 311 g/mol. The summed E-state index contributed by atoms with van der Waals surface area (Å²) in [5, 5.41) is 11.0. The van der Waals surface area contributed by atoms with E-state index < -0.39 is 31.3 Å². The molecule has 0 saturated carbocycles. The Bertz CT molecular complexity index is 376. The first-order valence-electron chi connectivity index (χ1n) is 6.67. The van der Waals surface area contributed by atoms with Crippen molar-refractivity contribution < 1.29 is 27.9 Å². The van der Waals surface area contributed by atoms with Gasteiger partial charge in [0.25, 0.3) is 0 Å². The van der Waals surface area contributed by atoms with Crippen LogP contribution in [0.4, 0.5) is 18.0 Å². The summed E-state index contributed by atoms with van der Waals surface area (Å²) >= 11 is 0. The second kappa shape index (κ2) is 7.48. The molecule has 2 amide bonds. The molecule has 0 aromatic rings. The molecule has 1 unspecified atom stereocenters. The van der Waals surface area contributed by atoms with Crippen molar-refractivity contribution in [2.24, 2.45) is 5.92 Å². The number of rotatable bonds is 5. The van der Waals surface area contributed by atoms with Gasteiger partial charge in [0.15, 0.2) is 0 Å². The minimum atomic E-state index is -4.63. The third-order valence-electron chi connectivity index (χ3n) is 3.25. The molecule has 0 radical (unpaired) electrons. The maximum absolute atomic E-state index is 12.3. The van der Waals surface area contributed by atoms with Crippen LogP contribution in [0.15, 0.2) is 0 Å². The normalized spacial score (nSPS) is 20.1. The summed E-state index contributed by atoms with van der Waals surface area (Å²) in [6, 6.07) is -0.997. The first-order valence-corrected chi connectivity index (χ1v) is 6.67. The Labute approximate surface area is 120 Å². The zero-order valence-electron chi connectivity index (χ0n) is 11.8. The van der Waals surface area contributed by atoms with Gasteiger partial charge in [0.05, 0.1) is 0 Å². The number of aliphatic carboxylic acids is 1. The fourth-order valence-electron chi connectivity index (χ4n) is 2.36. The first kappa shape index (κ1) is 17.5. The summed E-state index contributed by atoms with van der Waals surface area (Å²) in [5.41, 5.74) is 0. The molecule has 0 aromatic heterocycles. The molecule has 1 heterocycles. The first-order chi connectivity index (χ1) is 9.67. The van der Waals surface area contributed by atoms with Crippen LogP contribution in [-0.2, 0) is 4.79 Å². The minimum Gasteiger partial charge on any atom is -0.480 e. The molecular weight excluding hydrogens is 291 g/mol. The molecular formula is C12H20F3N3O3. The van der Waals surface area contributed by atoms with E-state index in [0.29, 0.717) is 0 Å². The zero-order chi connectivity index (χ0) is 16.0. The molecule has 21 heavy (non-hydrogen) atoms. The lowest BCUT2D eigenvalue weighted by atomic mass is 9.99. The maximum atomic E-state index is 12.3. The van der Waals surface area contributed by atoms with Crippen LogP contribution in [0, 0.1) is 5.92 Å². The number of piperidine rings is 1. The molecule has 1 saturated heterocycles. The number of carbonyl (C=O) groups excluding carboxylic acids is 1. The molecule has 0 spiro atoms. The minimum absolute atomic E-state index is 0.172. The van der Waals surface area contributed by atoms with Crippen LogP contribution in [0.2, 0.25) is 0 Å². The molecule has 1 fully saturated rings. The number of hydrogen-bond donors (Lipinski definition) is 2. The molecule has 1 aliphatic rings. The topological polar surface area (TPSA) is 72.9 Å². The Morgan fingerprint density at radius 3 is 2.62 bits per heavy atom. The predicted molar refractivity (Wildman–Crippen MR) is 68.9 cm³/mol. The van der Waals surface area contributed by atoms with E-state index in [1.807, 2.05) is 7.05 Å². The average Bonchev–Trinajstić information content (AvgIpc) is 2.33. The highest BCUT2D eigenvalue weighted by Crippen LogP contribution is 2.17. The summed E-state index contributed by atoms with van der Waals surface area (Å²) in [6.45, 7) is -0.578. The summed E-state index contributed by atoms with van der Waals surface area (Å²) < 4.78 is 37.0. The van der Waals surface area contributed by atoms with Crippen molar-refractivity contribution in [1.29, 1.82) is 0 Å². The summed E-state index contributed by atoms with van der Waals surface area (Å²) in [7, 11) is 1.94. The number of carboxylic acids is 1. The van der Waals surface area contributed by atoms with E-state index in [-0.39, 0.29) is 17.4 Å². The number of halogens is 3. The van der Waals surface area contributed by atoms with Gasteiger partial charge in [-0.3, -0.25) is 4.79 Å². The van der Waals surface area contributed by atoms with Crippen LogP contribution in [0.25, 0.3) is 0 Å². The highest BCUT2D eigenvalue weighted by atomic mass is 19.4. The third-order valence-corrected chi connectivity index (χ3v) is 3.25. The van der Waals surface area contributed by atoms with Gasteiger partial charge < -0.3 is 20.2 Å². The fourth-order valence-corrected chi connectivity index (χ4v) is 2.36. The molecule has 0 bridgehead atoms. The number of urea groups is 1. The highest BCUT2D eigenvalue weighted by molar-refractivity contribution is 5.80. The van der Waals surface area contributed by atoms with Crippen LogP contribution in [0.5, 0.6) is 0 Å². The van der Waals surface area contributed by atoms with Crippen molar-refractivity contribution in [1.82, 2.24) is 15.1 Å². The summed E-state index contributed by atoms with van der Waals surface area (Å²) in [6.07, 6.45) is -2.76. The predicted octanol–water partition coefficient (Wildman–Crippen LogP) is 0.987. The molecule has 6 nitrogen and oxygen atoms in total. The summed E-state index contributed by atoms with van der Waals surface area (Å²) in [5.74, 6) is -1.31. The quantitative estimate of drug-likeness (QED) is 0.794. The molecule has 0 aromatic carbocycles. The van der Waals surface area contributed by atoms with E-state index in [0.717, 1.165) is 25.9 Å². The van der Waals surface area contributed by atoms with Crippen molar-refractivity contribution in [3.05, 3.63) is 0 Å². The molecule has 0 aliphatic carbocycles. The molecule has 1 aliphatic heterocycles. The fraction of sp³-hybridized carbons (Fsp3) is 0.833. The van der Waals surface area contributed by atoms with Crippen LogP contribution in [0.1, 0.15) is 12.8 Å². The lowest BCUT2D eigenvalue weighted by Crippen LogP contribution is -2.49. The number of amides is 2. The van der Waals surface area contributed by atoms with Crippen molar-refractivity contribution >= 4 is 12.0 Å².